The molecule has 82 valence electrons. The second kappa shape index (κ2) is 4.26. The second-order valence-electron chi connectivity index (χ2n) is 3.63. The minimum Gasteiger partial charge on any atom is -0.392 e. The molecule has 0 radical (unpaired) electrons. The van der Waals surface area contributed by atoms with Crippen molar-refractivity contribution in [2.24, 2.45) is 0 Å². The molecular weight excluding hydrogens is 214 g/mol. The largest absolute Gasteiger partial charge is 0.392 e. The zero-order valence-electron chi connectivity index (χ0n) is 8.36. The molecule has 0 spiro atoms. The molecule has 0 aliphatic carbocycles. The second-order valence-corrected chi connectivity index (χ2v) is 4.49. The van der Waals surface area contributed by atoms with Gasteiger partial charge in [0.15, 0.2) is 5.13 Å². The van der Waals surface area contributed by atoms with Crippen molar-refractivity contribution in [3.8, 4) is 0 Å². The maximum Gasteiger partial charge on any atom is 0.243 e. The third-order valence-electron chi connectivity index (χ3n) is 2.27. The van der Waals surface area contributed by atoms with Crippen LogP contribution < -0.4 is 10.6 Å². The molecule has 1 fully saturated rings. The quantitative estimate of drug-likeness (QED) is 0.670. The van der Waals surface area contributed by atoms with Gasteiger partial charge in [0, 0.05) is 11.9 Å². The number of hydrogen-bond acceptors (Lipinski definition) is 5. The molecule has 1 aromatic rings. The fraction of sp³-hybridized carbons (Fsp3) is 0.556. The van der Waals surface area contributed by atoms with Crippen molar-refractivity contribution in [1.82, 2.24) is 10.3 Å². The number of aliphatic hydroxyl groups is 1. The highest BCUT2D eigenvalue weighted by atomic mass is 32.1. The Morgan fingerprint density at radius 1 is 1.80 bits per heavy atom. The van der Waals surface area contributed by atoms with Crippen molar-refractivity contribution in [1.29, 1.82) is 0 Å². The number of hydrogen-bond donors (Lipinski definition) is 3. The number of aromatic nitrogens is 1. The van der Waals surface area contributed by atoms with E-state index >= 15 is 0 Å². The zero-order chi connectivity index (χ0) is 10.8. The lowest BCUT2D eigenvalue weighted by molar-refractivity contribution is -0.117. The number of thiazole rings is 1. The first-order valence-electron chi connectivity index (χ1n) is 4.79. The van der Waals surface area contributed by atoms with Gasteiger partial charge in [-0.05, 0) is 13.3 Å². The van der Waals surface area contributed by atoms with Gasteiger partial charge in [-0.3, -0.25) is 4.79 Å². The van der Waals surface area contributed by atoms with Crippen LogP contribution >= 0.6 is 11.3 Å². The number of β-amino-alcohol motifs (C(OH)–C–C–N with tert-alkyl or cyclic N) is 1. The predicted molar refractivity (Wildman–Crippen MR) is 57.9 cm³/mol. The molecule has 0 aromatic carbocycles. The molecule has 6 heteroatoms. The van der Waals surface area contributed by atoms with Crippen LogP contribution in [0.15, 0.2) is 5.38 Å². The molecule has 2 rings (SSSR count). The molecule has 1 amide bonds. The number of rotatable bonds is 2. The van der Waals surface area contributed by atoms with E-state index in [0.717, 1.165) is 5.69 Å². The third kappa shape index (κ3) is 2.53. The van der Waals surface area contributed by atoms with Gasteiger partial charge >= 0.3 is 0 Å². The summed E-state index contributed by atoms with van der Waals surface area (Å²) in [5.74, 6) is -0.124. The first-order chi connectivity index (χ1) is 7.15. The lowest BCUT2D eigenvalue weighted by atomic mass is 10.2. The monoisotopic (exact) mass is 227 g/mol. The predicted octanol–water partition coefficient (Wildman–Crippen LogP) is 0.113. The van der Waals surface area contributed by atoms with E-state index in [0.29, 0.717) is 18.1 Å². The van der Waals surface area contributed by atoms with Crippen LogP contribution in [0.25, 0.3) is 0 Å². The molecule has 5 nitrogen and oxygen atoms in total. The number of aliphatic hydroxyl groups excluding tert-OH is 1. The Hall–Kier alpha value is -0.980. The summed E-state index contributed by atoms with van der Waals surface area (Å²) in [6.07, 6.45) is 0.0506. The van der Waals surface area contributed by atoms with Crippen molar-refractivity contribution in [3.05, 3.63) is 11.1 Å². The van der Waals surface area contributed by atoms with Crippen LogP contribution in [0.1, 0.15) is 12.1 Å². The van der Waals surface area contributed by atoms with Crippen molar-refractivity contribution in [3.63, 3.8) is 0 Å². The Bertz CT molecular complexity index is 366. The molecule has 0 bridgehead atoms. The zero-order valence-corrected chi connectivity index (χ0v) is 9.17. The van der Waals surface area contributed by atoms with Gasteiger partial charge < -0.3 is 15.7 Å². The Kier molecular flexibility index (Phi) is 2.99. The van der Waals surface area contributed by atoms with E-state index < -0.39 is 6.10 Å². The average molecular weight is 227 g/mol. The molecule has 2 heterocycles. The fourth-order valence-electron chi connectivity index (χ4n) is 1.52. The average Bonchev–Trinajstić information content (AvgIpc) is 2.75. The molecular formula is C9H13N3O2S. The van der Waals surface area contributed by atoms with Gasteiger partial charge in [0.25, 0.3) is 0 Å². The molecule has 0 saturated carbocycles. The van der Waals surface area contributed by atoms with Crippen LogP contribution in [0, 0.1) is 6.92 Å². The van der Waals surface area contributed by atoms with Crippen LogP contribution in [0.4, 0.5) is 5.13 Å². The van der Waals surface area contributed by atoms with E-state index in [1.807, 2.05) is 12.3 Å². The van der Waals surface area contributed by atoms with Gasteiger partial charge in [-0.25, -0.2) is 4.98 Å². The van der Waals surface area contributed by atoms with Crippen molar-refractivity contribution < 1.29 is 9.90 Å². The van der Waals surface area contributed by atoms with Gasteiger partial charge in [0.1, 0.15) is 0 Å². The summed E-state index contributed by atoms with van der Waals surface area (Å²) < 4.78 is 0. The van der Waals surface area contributed by atoms with Crippen LogP contribution in [-0.4, -0.2) is 34.7 Å². The lowest BCUT2D eigenvalue weighted by Gasteiger charge is -2.08. The third-order valence-corrected chi connectivity index (χ3v) is 3.15. The van der Waals surface area contributed by atoms with Crippen LogP contribution in [0.5, 0.6) is 0 Å². The fourth-order valence-corrected chi connectivity index (χ4v) is 2.21. The number of carbonyl (C=O) groups is 1. The van der Waals surface area contributed by atoms with Crippen molar-refractivity contribution in [2.45, 2.75) is 25.5 Å². The summed E-state index contributed by atoms with van der Waals surface area (Å²) in [5, 5.41) is 17.4. The Morgan fingerprint density at radius 2 is 2.60 bits per heavy atom. The number of carbonyl (C=O) groups excluding carboxylic acids is 1. The molecule has 1 aliphatic heterocycles. The van der Waals surface area contributed by atoms with Gasteiger partial charge in [0.05, 0.1) is 17.8 Å². The summed E-state index contributed by atoms with van der Waals surface area (Å²) in [5.41, 5.74) is 0.898. The highest BCUT2D eigenvalue weighted by Crippen LogP contribution is 2.16. The topological polar surface area (TPSA) is 74.2 Å². The SMILES string of the molecule is Cc1csc(NC(=O)[C@H]2C[C@@H](O)CN2)n1. The maximum atomic E-state index is 11.7. The number of nitrogens with zero attached hydrogens (tertiary/aromatic N) is 1. The summed E-state index contributed by atoms with van der Waals surface area (Å²) in [7, 11) is 0. The summed E-state index contributed by atoms with van der Waals surface area (Å²) in [6, 6.07) is -0.302. The van der Waals surface area contributed by atoms with Crippen molar-refractivity contribution >= 4 is 22.4 Å². The number of amides is 1. The van der Waals surface area contributed by atoms with Gasteiger partial charge in [-0.1, -0.05) is 0 Å². The van der Waals surface area contributed by atoms with E-state index in [9.17, 15) is 9.90 Å². The molecule has 1 aliphatic rings. The number of anilines is 1. The summed E-state index contributed by atoms with van der Waals surface area (Å²) in [4.78, 5) is 15.8. The van der Waals surface area contributed by atoms with Crippen LogP contribution in [-0.2, 0) is 4.79 Å². The molecule has 0 unspecified atom stereocenters. The van der Waals surface area contributed by atoms with E-state index in [2.05, 4.69) is 15.6 Å². The molecule has 1 saturated heterocycles. The van der Waals surface area contributed by atoms with Crippen LogP contribution in [0.2, 0.25) is 0 Å². The van der Waals surface area contributed by atoms with Gasteiger partial charge in [0.2, 0.25) is 5.91 Å². The standard InChI is InChI=1S/C9H13N3O2S/c1-5-4-15-9(11-5)12-8(14)7-2-6(13)3-10-7/h4,6-7,10,13H,2-3H2,1H3,(H,11,12,14)/t6-,7-/m1/s1. The molecule has 2 atom stereocenters. The minimum absolute atomic E-state index is 0.124. The minimum atomic E-state index is -0.418. The Balaban J connectivity index is 1.92. The molecule has 15 heavy (non-hydrogen) atoms. The lowest BCUT2D eigenvalue weighted by Crippen LogP contribution is -2.35. The van der Waals surface area contributed by atoms with E-state index in [-0.39, 0.29) is 11.9 Å². The number of aryl methyl sites for hydroxylation is 1. The van der Waals surface area contributed by atoms with Crippen molar-refractivity contribution in [2.75, 3.05) is 11.9 Å². The molecule has 1 aromatic heterocycles. The summed E-state index contributed by atoms with van der Waals surface area (Å²) >= 11 is 1.40. The van der Waals surface area contributed by atoms with E-state index in [1.165, 1.54) is 11.3 Å². The van der Waals surface area contributed by atoms with Gasteiger partial charge in [-0.2, -0.15) is 0 Å². The highest BCUT2D eigenvalue weighted by Gasteiger charge is 2.28. The highest BCUT2D eigenvalue weighted by molar-refractivity contribution is 7.13. The summed E-state index contributed by atoms with van der Waals surface area (Å²) in [6.45, 7) is 2.36. The number of nitrogens with one attached hydrogen (secondary N) is 2. The van der Waals surface area contributed by atoms with Crippen LogP contribution in [0.3, 0.4) is 0 Å². The first-order valence-corrected chi connectivity index (χ1v) is 5.67. The molecule has 3 N–H and O–H groups in total. The Morgan fingerprint density at radius 3 is 3.13 bits per heavy atom. The first kappa shape index (κ1) is 10.5. The normalized spacial score (nSPS) is 25.5. The van der Waals surface area contributed by atoms with E-state index in [4.69, 9.17) is 0 Å². The Labute approximate surface area is 91.5 Å². The smallest absolute Gasteiger partial charge is 0.243 e. The van der Waals surface area contributed by atoms with Gasteiger partial charge in [-0.15, -0.1) is 11.3 Å². The van der Waals surface area contributed by atoms with E-state index in [1.54, 1.807) is 0 Å². The maximum absolute atomic E-state index is 11.7.